The summed E-state index contributed by atoms with van der Waals surface area (Å²) in [5, 5.41) is 14.9. The lowest BCUT2D eigenvalue weighted by Crippen LogP contribution is -2.59. The molecule has 5 nitrogen and oxygen atoms in total. The summed E-state index contributed by atoms with van der Waals surface area (Å²) in [5.41, 5.74) is 3.59. The largest absolute Gasteiger partial charge is 0.455 e. The van der Waals surface area contributed by atoms with Crippen molar-refractivity contribution in [1.29, 1.82) is 0 Å². The van der Waals surface area contributed by atoms with Gasteiger partial charge in [0.25, 0.3) is 0 Å². The molecule has 3 aliphatic heterocycles. The predicted octanol–water partition coefficient (Wildman–Crippen LogP) is 4.94. The molecule has 3 aliphatic rings. The summed E-state index contributed by atoms with van der Waals surface area (Å²) in [5.74, 6) is 1.59. The number of para-hydroxylation sites is 2. The molecule has 146 valence electrons. The van der Waals surface area contributed by atoms with Crippen LogP contribution in [0.3, 0.4) is 0 Å². The van der Waals surface area contributed by atoms with Gasteiger partial charge in [0.15, 0.2) is 0 Å². The third-order valence-electron chi connectivity index (χ3n) is 6.84. The molecular weight excluding hydrogens is 360 g/mol. The fraction of sp³-hybridized carbons (Fsp3) is 0.333. The molecule has 0 spiro atoms. The van der Waals surface area contributed by atoms with Gasteiger partial charge in [-0.05, 0) is 63.0 Å². The van der Waals surface area contributed by atoms with Crippen LogP contribution in [0.25, 0.3) is 33.2 Å². The predicted molar refractivity (Wildman–Crippen MR) is 116 cm³/mol. The van der Waals surface area contributed by atoms with Crippen molar-refractivity contribution in [2.45, 2.75) is 31.8 Å². The Balaban J connectivity index is 1.32. The first-order valence-electron chi connectivity index (χ1n) is 10.5. The molecule has 0 saturated carbocycles. The topological polar surface area (TPSA) is 54.2 Å². The normalized spacial score (nSPS) is 26.2. The average Bonchev–Trinajstić information content (AvgIpc) is 3.16. The molecule has 0 aliphatic carbocycles. The van der Waals surface area contributed by atoms with Gasteiger partial charge in [-0.3, -0.25) is 4.90 Å². The summed E-state index contributed by atoms with van der Waals surface area (Å²) in [7, 11) is 0. The molecule has 0 radical (unpaired) electrons. The van der Waals surface area contributed by atoms with E-state index in [0.717, 1.165) is 44.9 Å². The van der Waals surface area contributed by atoms with Gasteiger partial charge in [0.1, 0.15) is 17.0 Å². The van der Waals surface area contributed by atoms with E-state index in [2.05, 4.69) is 51.6 Å². The van der Waals surface area contributed by atoms with Crippen LogP contribution in [-0.2, 0) is 0 Å². The smallest absolute Gasteiger partial charge is 0.148 e. The van der Waals surface area contributed by atoms with Crippen molar-refractivity contribution in [3.05, 3.63) is 54.6 Å². The number of aromatic nitrogens is 2. The Morgan fingerprint density at radius 1 is 0.931 bits per heavy atom. The molecule has 2 aromatic heterocycles. The maximum absolute atomic E-state index is 6.15. The Morgan fingerprint density at radius 2 is 1.76 bits per heavy atom. The maximum atomic E-state index is 6.15. The van der Waals surface area contributed by atoms with Crippen LogP contribution < -0.4 is 5.32 Å². The quantitative estimate of drug-likeness (QED) is 0.542. The Morgan fingerprint density at radius 3 is 2.55 bits per heavy atom. The SMILES string of the molecule is CC1C(Nc2ccc(-c3cccc4c3oc3ccccc34)nn2)C2CCN1CC2. The summed E-state index contributed by atoms with van der Waals surface area (Å²) in [6.07, 6.45) is 2.56. The molecule has 0 amide bonds. The Bertz CT molecular complexity index is 1170. The molecule has 2 aromatic carbocycles. The molecule has 5 heteroatoms. The van der Waals surface area contributed by atoms with Crippen LogP contribution in [0.5, 0.6) is 0 Å². The van der Waals surface area contributed by atoms with Crippen LogP contribution in [0.2, 0.25) is 0 Å². The van der Waals surface area contributed by atoms with Gasteiger partial charge in [-0.2, -0.15) is 0 Å². The Labute approximate surface area is 169 Å². The van der Waals surface area contributed by atoms with Gasteiger partial charge < -0.3 is 9.73 Å². The van der Waals surface area contributed by atoms with E-state index in [4.69, 9.17) is 4.42 Å². The zero-order valence-electron chi connectivity index (χ0n) is 16.5. The van der Waals surface area contributed by atoms with Gasteiger partial charge in [-0.1, -0.05) is 30.3 Å². The molecule has 2 unspecified atom stereocenters. The molecule has 3 fully saturated rings. The lowest BCUT2D eigenvalue weighted by Gasteiger charge is -2.50. The number of fused-ring (bicyclic) bond motifs is 6. The van der Waals surface area contributed by atoms with Crippen LogP contribution in [0.4, 0.5) is 5.82 Å². The van der Waals surface area contributed by atoms with Crippen LogP contribution in [-0.4, -0.2) is 40.3 Å². The highest BCUT2D eigenvalue weighted by molar-refractivity contribution is 6.09. The van der Waals surface area contributed by atoms with Crippen molar-refractivity contribution in [3.63, 3.8) is 0 Å². The van der Waals surface area contributed by atoms with Gasteiger partial charge in [-0.15, -0.1) is 10.2 Å². The van der Waals surface area contributed by atoms with Gasteiger partial charge >= 0.3 is 0 Å². The van der Waals surface area contributed by atoms with E-state index in [1.165, 1.54) is 25.9 Å². The number of hydrogen-bond acceptors (Lipinski definition) is 5. The standard InChI is InChI=1S/C24H24N4O/c1-15-23(16-11-13-28(15)14-12-16)25-22-10-9-20(26-27-22)19-7-4-6-18-17-5-2-3-8-21(17)29-24(18)19/h2-10,15-16,23H,11-14H2,1H3,(H,25,27). The molecule has 7 rings (SSSR count). The molecule has 29 heavy (non-hydrogen) atoms. The lowest BCUT2D eigenvalue weighted by molar-refractivity contribution is 0.0457. The van der Waals surface area contributed by atoms with E-state index >= 15 is 0 Å². The second-order valence-corrected chi connectivity index (χ2v) is 8.37. The minimum absolute atomic E-state index is 0.455. The summed E-state index contributed by atoms with van der Waals surface area (Å²) >= 11 is 0. The first-order valence-corrected chi connectivity index (χ1v) is 10.5. The van der Waals surface area contributed by atoms with Crippen LogP contribution in [0, 0.1) is 5.92 Å². The molecule has 2 atom stereocenters. The number of hydrogen-bond donors (Lipinski definition) is 1. The maximum Gasteiger partial charge on any atom is 0.148 e. The lowest BCUT2D eigenvalue weighted by atomic mass is 9.79. The number of piperidine rings is 3. The zero-order valence-corrected chi connectivity index (χ0v) is 16.5. The zero-order chi connectivity index (χ0) is 19.4. The number of anilines is 1. The third-order valence-corrected chi connectivity index (χ3v) is 6.84. The summed E-state index contributed by atoms with van der Waals surface area (Å²) in [4.78, 5) is 2.59. The second kappa shape index (κ2) is 6.56. The fourth-order valence-electron chi connectivity index (χ4n) is 5.22. The molecule has 5 heterocycles. The van der Waals surface area contributed by atoms with E-state index in [-0.39, 0.29) is 0 Å². The van der Waals surface area contributed by atoms with Crippen molar-refractivity contribution < 1.29 is 4.42 Å². The van der Waals surface area contributed by atoms with Crippen molar-refractivity contribution in [3.8, 4) is 11.3 Å². The van der Waals surface area contributed by atoms with Gasteiger partial charge in [0.2, 0.25) is 0 Å². The van der Waals surface area contributed by atoms with E-state index in [0.29, 0.717) is 12.1 Å². The summed E-state index contributed by atoms with van der Waals surface area (Å²) in [6, 6.07) is 19.5. The van der Waals surface area contributed by atoms with Gasteiger partial charge in [0.05, 0.1) is 5.69 Å². The van der Waals surface area contributed by atoms with Crippen LogP contribution >= 0.6 is 0 Å². The number of nitrogens with zero attached hydrogens (tertiary/aromatic N) is 3. The highest BCUT2D eigenvalue weighted by Gasteiger charge is 2.39. The van der Waals surface area contributed by atoms with Crippen molar-refractivity contribution in [1.82, 2.24) is 15.1 Å². The van der Waals surface area contributed by atoms with E-state index in [9.17, 15) is 0 Å². The van der Waals surface area contributed by atoms with E-state index in [1.54, 1.807) is 0 Å². The Kier molecular flexibility index (Phi) is 3.84. The van der Waals surface area contributed by atoms with Crippen LogP contribution in [0.15, 0.2) is 59.0 Å². The third kappa shape index (κ3) is 2.72. The van der Waals surface area contributed by atoms with Gasteiger partial charge in [0, 0.05) is 28.4 Å². The minimum atomic E-state index is 0.455. The number of furan rings is 1. The highest BCUT2D eigenvalue weighted by atomic mass is 16.3. The number of rotatable bonds is 3. The van der Waals surface area contributed by atoms with E-state index in [1.807, 2.05) is 30.3 Å². The fourth-order valence-corrected chi connectivity index (χ4v) is 5.22. The molecule has 1 N–H and O–H groups in total. The number of benzene rings is 2. The first-order chi connectivity index (χ1) is 14.3. The Hall–Kier alpha value is -2.92. The highest BCUT2D eigenvalue weighted by Crippen LogP contribution is 2.36. The van der Waals surface area contributed by atoms with Crippen LogP contribution in [0.1, 0.15) is 19.8 Å². The molecule has 3 saturated heterocycles. The van der Waals surface area contributed by atoms with Crippen molar-refractivity contribution in [2.75, 3.05) is 18.4 Å². The minimum Gasteiger partial charge on any atom is -0.455 e. The molecular formula is C24H24N4O. The molecule has 4 aromatic rings. The second-order valence-electron chi connectivity index (χ2n) is 8.37. The van der Waals surface area contributed by atoms with Gasteiger partial charge in [-0.25, -0.2) is 0 Å². The average molecular weight is 384 g/mol. The summed E-state index contributed by atoms with van der Waals surface area (Å²) in [6.45, 7) is 4.79. The number of nitrogens with one attached hydrogen (secondary N) is 1. The first kappa shape index (κ1) is 17.0. The van der Waals surface area contributed by atoms with E-state index < -0.39 is 0 Å². The van der Waals surface area contributed by atoms with Crippen molar-refractivity contribution in [2.24, 2.45) is 5.92 Å². The van der Waals surface area contributed by atoms with Crippen molar-refractivity contribution >= 4 is 27.8 Å². The molecule has 2 bridgehead atoms. The summed E-state index contributed by atoms with van der Waals surface area (Å²) < 4.78 is 6.15. The monoisotopic (exact) mass is 384 g/mol.